The number of hydrogen-bond donors (Lipinski definition) is 1. The number of halogens is 1. The number of aliphatic hydroxyl groups is 1. The number of alkyl halides is 1. The van der Waals surface area contributed by atoms with Crippen molar-refractivity contribution in [3.8, 4) is 11.1 Å². The molecule has 0 saturated heterocycles. The first-order chi connectivity index (χ1) is 8.13. The van der Waals surface area contributed by atoms with Gasteiger partial charge in [-0.2, -0.15) is 0 Å². The summed E-state index contributed by atoms with van der Waals surface area (Å²) in [4.78, 5) is 0. The summed E-state index contributed by atoms with van der Waals surface area (Å²) in [5.41, 5.74) is 0.973. The average molecular weight is 230 g/mol. The molecule has 0 spiro atoms. The van der Waals surface area contributed by atoms with Gasteiger partial charge in [0, 0.05) is 0 Å². The summed E-state index contributed by atoms with van der Waals surface area (Å²) in [5.74, 6) is 0. The third kappa shape index (κ3) is 2.53. The molecule has 1 N–H and O–H groups in total. The van der Waals surface area contributed by atoms with E-state index in [1.165, 1.54) is 6.92 Å². The second-order valence-corrected chi connectivity index (χ2v) is 4.30. The molecule has 0 amide bonds. The minimum atomic E-state index is -1.67. The first kappa shape index (κ1) is 11.8. The van der Waals surface area contributed by atoms with Gasteiger partial charge < -0.3 is 5.11 Å². The Morgan fingerprint density at radius 3 is 2.00 bits per heavy atom. The molecule has 0 aliphatic heterocycles. The van der Waals surface area contributed by atoms with E-state index < -0.39 is 12.3 Å². The van der Waals surface area contributed by atoms with Crippen molar-refractivity contribution in [3.63, 3.8) is 0 Å². The van der Waals surface area contributed by atoms with Crippen LogP contribution in [0, 0.1) is 0 Å². The minimum Gasteiger partial charge on any atom is -0.393 e. The minimum absolute atomic E-state index is 0.500. The van der Waals surface area contributed by atoms with Crippen molar-refractivity contribution in [3.05, 3.63) is 60.2 Å². The highest BCUT2D eigenvalue weighted by molar-refractivity contribution is 5.63. The van der Waals surface area contributed by atoms with Crippen LogP contribution in [0.2, 0.25) is 0 Å². The molecule has 0 aliphatic rings. The lowest BCUT2D eigenvalue weighted by atomic mass is 9.96. The summed E-state index contributed by atoms with van der Waals surface area (Å²) in [6, 6.07) is 17.1. The van der Waals surface area contributed by atoms with Gasteiger partial charge in [-0.3, -0.25) is 0 Å². The summed E-state index contributed by atoms with van der Waals surface area (Å²) in [6.07, 6.45) is 0. The molecule has 17 heavy (non-hydrogen) atoms. The van der Waals surface area contributed by atoms with Crippen molar-refractivity contribution in [2.45, 2.75) is 12.6 Å². The van der Waals surface area contributed by atoms with E-state index in [0.29, 0.717) is 5.56 Å². The highest BCUT2D eigenvalue weighted by Crippen LogP contribution is 2.27. The second-order valence-electron chi connectivity index (χ2n) is 4.30. The smallest absolute Gasteiger partial charge is 0.156 e. The third-order valence-electron chi connectivity index (χ3n) is 2.89. The zero-order chi connectivity index (χ0) is 12.3. The lowest BCUT2D eigenvalue weighted by Crippen LogP contribution is -2.19. The number of rotatable bonds is 3. The van der Waals surface area contributed by atoms with Crippen molar-refractivity contribution in [2.24, 2.45) is 0 Å². The van der Waals surface area contributed by atoms with Crippen molar-refractivity contribution < 1.29 is 9.50 Å². The fourth-order valence-corrected chi connectivity index (χ4v) is 1.73. The SMILES string of the molecule is C[C@](F)(CO)c1ccc(-c2ccccc2)cc1. The van der Waals surface area contributed by atoms with E-state index >= 15 is 0 Å². The molecule has 2 rings (SSSR count). The van der Waals surface area contributed by atoms with Crippen LogP contribution >= 0.6 is 0 Å². The maximum atomic E-state index is 13.8. The molecule has 0 heterocycles. The molecule has 1 atom stereocenters. The van der Waals surface area contributed by atoms with E-state index in [1.807, 2.05) is 42.5 Å². The van der Waals surface area contributed by atoms with Crippen LogP contribution in [-0.2, 0) is 5.67 Å². The van der Waals surface area contributed by atoms with Crippen LogP contribution in [0.15, 0.2) is 54.6 Å². The van der Waals surface area contributed by atoms with Crippen molar-refractivity contribution in [1.82, 2.24) is 0 Å². The maximum Gasteiger partial charge on any atom is 0.156 e. The van der Waals surface area contributed by atoms with Crippen molar-refractivity contribution in [1.29, 1.82) is 0 Å². The largest absolute Gasteiger partial charge is 0.393 e. The van der Waals surface area contributed by atoms with Gasteiger partial charge in [0.1, 0.15) is 0 Å². The van der Waals surface area contributed by atoms with Crippen molar-refractivity contribution >= 4 is 0 Å². The third-order valence-corrected chi connectivity index (χ3v) is 2.89. The molecule has 0 fully saturated rings. The number of hydrogen-bond acceptors (Lipinski definition) is 1. The molecule has 88 valence electrons. The van der Waals surface area contributed by atoms with Gasteiger partial charge in [-0.1, -0.05) is 54.6 Å². The molecule has 1 nitrogen and oxygen atoms in total. The zero-order valence-electron chi connectivity index (χ0n) is 9.73. The lowest BCUT2D eigenvalue weighted by Gasteiger charge is -2.17. The van der Waals surface area contributed by atoms with Crippen LogP contribution in [0.1, 0.15) is 12.5 Å². The zero-order valence-corrected chi connectivity index (χ0v) is 9.73. The molecule has 0 unspecified atom stereocenters. The van der Waals surface area contributed by atoms with Gasteiger partial charge >= 0.3 is 0 Å². The predicted octanol–water partition coefficient (Wildman–Crippen LogP) is 3.53. The van der Waals surface area contributed by atoms with Gasteiger partial charge in [-0.15, -0.1) is 0 Å². The molecule has 2 aromatic carbocycles. The number of aliphatic hydroxyl groups excluding tert-OH is 1. The van der Waals surface area contributed by atoms with E-state index in [4.69, 9.17) is 5.11 Å². The Hall–Kier alpha value is -1.67. The fourth-order valence-electron chi connectivity index (χ4n) is 1.73. The summed E-state index contributed by atoms with van der Waals surface area (Å²) in [6.45, 7) is 0.877. The van der Waals surface area contributed by atoms with Crippen LogP contribution in [0.4, 0.5) is 4.39 Å². The van der Waals surface area contributed by atoms with E-state index in [9.17, 15) is 4.39 Å². The normalized spacial score (nSPS) is 14.3. The highest BCUT2D eigenvalue weighted by atomic mass is 19.1. The van der Waals surface area contributed by atoms with Gasteiger partial charge in [0.2, 0.25) is 0 Å². The van der Waals surface area contributed by atoms with Crippen LogP contribution < -0.4 is 0 Å². The Morgan fingerprint density at radius 1 is 0.941 bits per heavy atom. The quantitative estimate of drug-likeness (QED) is 0.855. The highest BCUT2D eigenvalue weighted by Gasteiger charge is 2.24. The van der Waals surface area contributed by atoms with Crippen LogP contribution in [0.5, 0.6) is 0 Å². The first-order valence-electron chi connectivity index (χ1n) is 5.59. The van der Waals surface area contributed by atoms with Gasteiger partial charge in [0.25, 0.3) is 0 Å². The van der Waals surface area contributed by atoms with E-state index in [0.717, 1.165) is 11.1 Å². The molecule has 0 bridgehead atoms. The molecule has 0 saturated carbocycles. The monoisotopic (exact) mass is 230 g/mol. The Balaban J connectivity index is 2.31. The molecule has 2 heteroatoms. The molecular weight excluding hydrogens is 215 g/mol. The summed E-state index contributed by atoms with van der Waals surface area (Å²) < 4.78 is 13.8. The van der Waals surface area contributed by atoms with Gasteiger partial charge in [-0.25, -0.2) is 4.39 Å². The van der Waals surface area contributed by atoms with Gasteiger partial charge in [-0.05, 0) is 23.6 Å². The maximum absolute atomic E-state index is 13.8. The second kappa shape index (κ2) is 4.68. The Labute approximate surface area is 101 Å². The van der Waals surface area contributed by atoms with Crippen LogP contribution in [0.3, 0.4) is 0 Å². The molecule has 0 aliphatic carbocycles. The summed E-state index contributed by atoms with van der Waals surface area (Å²) >= 11 is 0. The molecule has 0 aromatic heterocycles. The topological polar surface area (TPSA) is 20.2 Å². The van der Waals surface area contributed by atoms with Crippen LogP contribution in [-0.4, -0.2) is 11.7 Å². The van der Waals surface area contributed by atoms with Gasteiger partial charge in [0.05, 0.1) is 6.61 Å². The standard InChI is InChI=1S/C15H15FO/c1-15(16,11-17)14-9-7-13(8-10-14)12-5-3-2-4-6-12/h2-10,17H,11H2,1H3/t15-/m0/s1. The Kier molecular flexibility index (Phi) is 3.25. The summed E-state index contributed by atoms with van der Waals surface area (Å²) in [7, 11) is 0. The molecular formula is C15H15FO. The lowest BCUT2D eigenvalue weighted by molar-refractivity contribution is 0.0868. The van der Waals surface area contributed by atoms with Crippen molar-refractivity contribution in [2.75, 3.05) is 6.61 Å². The first-order valence-corrected chi connectivity index (χ1v) is 5.59. The van der Waals surface area contributed by atoms with Crippen LogP contribution in [0.25, 0.3) is 11.1 Å². The molecule has 0 radical (unpaired) electrons. The average Bonchev–Trinajstić information content (AvgIpc) is 2.40. The van der Waals surface area contributed by atoms with Gasteiger partial charge in [0.15, 0.2) is 5.67 Å². The Bertz CT molecular complexity index is 474. The molecule has 2 aromatic rings. The fraction of sp³-hybridized carbons (Fsp3) is 0.200. The van der Waals surface area contributed by atoms with E-state index in [2.05, 4.69) is 0 Å². The predicted molar refractivity (Wildman–Crippen MR) is 67.4 cm³/mol. The summed E-state index contributed by atoms with van der Waals surface area (Å²) in [5, 5.41) is 8.96. The number of benzene rings is 2. The van der Waals surface area contributed by atoms with E-state index in [1.54, 1.807) is 12.1 Å². The Morgan fingerprint density at radius 2 is 1.47 bits per heavy atom. The van der Waals surface area contributed by atoms with E-state index in [-0.39, 0.29) is 0 Å².